The molecular weight excluding hydrogens is 340 g/mol. The van der Waals surface area contributed by atoms with E-state index in [-0.39, 0.29) is 0 Å². The van der Waals surface area contributed by atoms with E-state index in [1.54, 1.807) is 19.5 Å². The van der Waals surface area contributed by atoms with Crippen molar-refractivity contribution in [1.82, 2.24) is 24.8 Å². The zero-order valence-electron chi connectivity index (χ0n) is 15.5. The first-order chi connectivity index (χ1) is 13.3. The molecule has 1 atom stereocenters. The molecule has 1 aromatic carbocycles. The SMILES string of the molecule is COc1ccc(-n2ccnc2CN[C@H]2CCCN(c3ncccn3)C2)cc1. The van der Waals surface area contributed by atoms with E-state index < -0.39 is 0 Å². The topological polar surface area (TPSA) is 68.1 Å². The zero-order chi connectivity index (χ0) is 18.5. The number of piperidine rings is 1. The lowest BCUT2D eigenvalue weighted by Crippen LogP contribution is -2.46. The van der Waals surface area contributed by atoms with Gasteiger partial charge in [-0.15, -0.1) is 0 Å². The van der Waals surface area contributed by atoms with Gasteiger partial charge in [-0.25, -0.2) is 15.0 Å². The first-order valence-corrected chi connectivity index (χ1v) is 9.25. The van der Waals surface area contributed by atoms with Crippen LogP contribution in [-0.4, -0.2) is 45.8 Å². The van der Waals surface area contributed by atoms with E-state index >= 15 is 0 Å². The van der Waals surface area contributed by atoms with Gasteiger partial charge < -0.3 is 19.5 Å². The molecular formula is C20H24N6O. The number of benzene rings is 1. The average molecular weight is 364 g/mol. The molecule has 0 spiro atoms. The Balaban J connectivity index is 1.40. The monoisotopic (exact) mass is 364 g/mol. The van der Waals surface area contributed by atoms with Gasteiger partial charge >= 0.3 is 0 Å². The second kappa shape index (κ2) is 8.18. The van der Waals surface area contributed by atoms with Crippen molar-refractivity contribution in [3.63, 3.8) is 0 Å². The molecule has 2 aromatic heterocycles. The van der Waals surface area contributed by atoms with Gasteiger partial charge in [-0.05, 0) is 43.2 Å². The first kappa shape index (κ1) is 17.5. The normalized spacial score (nSPS) is 17.1. The summed E-state index contributed by atoms with van der Waals surface area (Å²) in [6.07, 6.45) is 9.70. The molecule has 0 aliphatic carbocycles. The first-order valence-electron chi connectivity index (χ1n) is 9.25. The van der Waals surface area contributed by atoms with Crippen LogP contribution in [0.5, 0.6) is 5.75 Å². The molecule has 0 bridgehead atoms. The van der Waals surface area contributed by atoms with Crippen molar-refractivity contribution >= 4 is 5.95 Å². The Morgan fingerprint density at radius 3 is 2.70 bits per heavy atom. The van der Waals surface area contributed by atoms with Gasteiger partial charge in [0.05, 0.1) is 13.7 Å². The molecule has 3 heterocycles. The lowest BCUT2D eigenvalue weighted by Gasteiger charge is -2.33. The Labute approximate surface area is 159 Å². The molecule has 1 N–H and O–H groups in total. The largest absolute Gasteiger partial charge is 0.497 e. The minimum absolute atomic E-state index is 0.392. The van der Waals surface area contributed by atoms with E-state index in [1.807, 2.05) is 42.7 Å². The molecule has 0 saturated carbocycles. The quantitative estimate of drug-likeness (QED) is 0.725. The van der Waals surface area contributed by atoms with E-state index in [0.717, 1.165) is 49.1 Å². The minimum Gasteiger partial charge on any atom is -0.497 e. The summed E-state index contributed by atoms with van der Waals surface area (Å²) in [5, 5.41) is 3.65. The highest BCUT2D eigenvalue weighted by atomic mass is 16.5. The number of ether oxygens (including phenoxy) is 1. The van der Waals surface area contributed by atoms with E-state index in [4.69, 9.17) is 4.74 Å². The highest BCUT2D eigenvalue weighted by Crippen LogP contribution is 2.18. The van der Waals surface area contributed by atoms with Crippen LogP contribution in [0, 0.1) is 0 Å². The molecule has 4 rings (SSSR count). The molecule has 0 radical (unpaired) electrons. The van der Waals surface area contributed by atoms with E-state index in [9.17, 15) is 0 Å². The van der Waals surface area contributed by atoms with Crippen LogP contribution in [0.1, 0.15) is 18.7 Å². The highest BCUT2D eigenvalue weighted by molar-refractivity contribution is 5.38. The molecule has 140 valence electrons. The number of anilines is 1. The second-order valence-corrected chi connectivity index (χ2v) is 6.63. The Kier molecular flexibility index (Phi) is 5.29. The summed E-state index contributed by atoms with van der Waals surface area (Å²) >= 11 is 0. The number of nitrogens with zero attached hydrogens (tertiary/aromatic N) is 5. The van der Waals surface area contributed by atoms with Crippen LogP contribution in [0.25, 0.3) is 5.69 Å². The molecule has 7 nitrogen and oxygen atoms in total. The Morgan fingerprint density at radius 2 is 1.93 bits per heavy atom. The summed E-state index contributed by atoms with van der Waals surface area (Å²) in [5.74, 6) is 2.65. The van der Waals surface area contributed by atoms with Crippen molar-refractivity contribution in [3.8, 4) is 11.4 Å². The smallest absolute Gasteiger partial charge is 0.225 e. The van der Waals surface area contributed by atoms with Gasteiger partial charge in [0.1, 0.15) is 11.6 Å². The summed E-state index contributed by atoms with van der Waals surface area (Å²) in [6.45, 7) is 2.63. The maximum Gasteiger partial charge on any atom is 0.225 e. The van der Waals surface area contributed by atoms with Gasteiger partial charge in [0.25, 0.3) is 0 Å². The van der Waals surface area contributed by atoms with E-state index in [1.165, 1.54) is 0 Å². The van der Waals surface area contributed by atoms with Gasteiger partial charge in [-0.3, -0.25) is 0 Å². The van der Waals surface area contributed by atoms with Crippen LogP contribution in [-0.2, 0) is 6.54 Å². The average Bonchev–Trinajstić information content (AvgIpc) is 3.22. The van der Waals surface area contributed by atoms with E-state index in [2.05, 4.69) is 29.7 Å². The lowest BCUT2D eigenvalue weighted by molar-refractivity contribution is 0.412. The number of aromatic nitrogens is 4. The Hall–Kier alpha value is -2.93. The molecule has 1 fully saturated rings. The molecule has 3 aromatic rings. The summed E-state index contributed by atoms with van der Waals surface area (Å²) < 4.78 is 7.34. The minimum atomic E-state index is 0.392. The summed E-state index contributed by atoms with van der Waals surface area (Å²) in [4.78, 5) is 15.5. The maximum absolute atomic E-state index is 5.24. The highest BCUT2D eigenvalue weighted by Gasteiger charge is 2.21. The van der Waals surface area contributed by atoms with Crippen LogP contribution in [0.15, 0.2) is 55.1 Å². The number of nitrogens with one attached hydrogen (secondary N) is 1. The van der Waals surface area contributed by atoms with Gasteiger partial charge in [0.15, 0.2) is 0 Å². The lowest BCUT2D eigenvalue weighted by atomic mass is 10.1. The van der Waals surface area contributed by atoms with Gasteiger partial charge in [-0.2, -0.15) is 0 Å². The van der Waals surface area contributed by atoms with Crippen LogP contribution < -0.4 is 15.0 Å². The van der Waals surface area contributed by atoms with Crippen LogP contribution in [0.2, 0.25) is 0 Å². The predicted octanol–water partition coefficient (Wildman–Crippen LogP) is 2.43. The summed E-state index contributed by atoms with van der Waals surface area (Å²) in [7, 11) is 1.68. The van der Waals surface area contributed by atoms with Gasteiger partial charge in [0.2, 0.25) is 5.95 Å². The third-order valence-electron chi connectivity index (χ3n) is 4.87. The van der Waals surface area contributed by atoms with Gasteiger partial charge in [0, 0.05) is 49.6 Å². The molecule has 1 aliphatic heterocycles. The van der Waals surface area contributed by atoms with Gasteiger partial charge in [-0.1, -0.05) is 0 Å². The van der Waals surface area contributed by atoms with E-state index in [0.29, 0.717) is 12.6 Å². The Morgan fingerprint density at radius 1 is 1.11 bits per heavy atom. The van der Waals surface area contributed by atoms with Crippen molar-refractivity contribution in [2.75, 3.05) is 25.1 Å². The predicted molar refractivity (Wildman–Crippen MR) is 104 cm³/mol. The van der Waals surface area contributed by atoms with Crippen LogP contribution in [0.4, 0.5) is 5.95 Å². The molecule has 0 unspecified atom stereocenters. The van der Waals surface area contributed by atoms with Crippen LogP contribution >= 0.6 is 0 Å². The number of hydrogen-bond acceptors (Lipinski definition) is 6. The summed E-state index contributed by atoms with van der Waals surface area (Å²) in [5.41, 5.74) is 1.08. The van der Waals surface area contributed by atoms with Crippen LogP contribution in [0.3, 0.4) is 0 Å². The molecule has 1 saturated heterocycles. The standard InChI is InChI=1S/C20H24N6O/c1-27-18-7-5-17(6-8-18)26-13-11-21-19(26)14-24-16-4-2-12-25(15-16)20-22-9-3-10-23-20/h3,5-11,13,16,24H,2,4,12,14-15H2,1H3/t16-/m0/s1. The number of rotatable bonds is 6. The fourth-order valence-electron chi connectivity index (χ4n) is 3.46. The number of hydrogen-bond donors (Lipinski definition) is 1. The number of imidazole rings is 1. The summed E-state index contributed by atoms with van der Waals surface area (Å²) in [6, 6.07) is 10.3. The van der Waals surface area contributed by atoms with Crippen molar-refractivity contribution in [3.05, 3.63) is 60.9 Å². The molecule has 1 aliphatic rings. The zero-order valence-corrected chi connectivity index (χ0v) is 15.5. The second-order valence-electron chi connectivity index (χ2n) is 6.63. The molecule has 0 amide bonds. The fraction of sp³-hybridized carbons (Fsp3) is 0.350. The number of methoxy groups -OCH3 is 1. The van der Waals surface area contributed by atoms with Crippen molar-refractivity contribution in [1.29, 1.82) is 0 Å². The maximum atomic E-state index is 5.24. The van der Waals surface area contributed by atoms with Crippen molar-refractivity contribution < 1.29 is 4.74 Å². The Bertz CT molecular complexity index is 848. The van der Waals surface area contributed by atoms with Crippen molar-refractivity contribution in [2.45, 2.75) is 25.4 Å². The third-order valence-corrected chi connectivity index (χ3v) is 4.87. The molecule has 27 heavy (non-hydrogen) atoms. The van der Waals surface area contributed by atoms with Crippen molar-refractivity contribution in [2.24, 2.45) is 0 Å². The third kappa shape index (κ3) is 4.09. The fourth-order valence-corrected chi connectivity index (χ4v) is 3.46. The molecule has 7 heteroatoms.